The van der Waals surface area contributed by atoms with Gasteiger partial charge in [0, 0.05) is 19.1 Å². The molecule has 1 unspecified atom stereocenters. The minimum Gasteiger partial charge on any atom is -0.309 e. The van der Waals surface area contributed by atoms with Crippen LogP contribution in [0.3, 0.4) is 0 Å². The van der Waals surface area contributed by atoms with Crippen molar-refractivity contribution >= 4 is 0 Å². The maximum Gasteiger partial charge on any atom is 0.0103 e. The molecule has 0 aromatic rings. The summed E-state index contributed by atoms with van der Waals surface area (Å²) in [4.78, 5) is 8.84. The molecule has 0 heterocycles. The van der Waals surface area contributed by atoms with Crippen LogP contribution in [0, 0.1) is 0 Å². The summed E-state index contributed by atoms with van der Waals surface area (Å²) in [6, 6.07) is 0.697. The van der Waals surface area contributed by atoms with E-state index in [1.165, 1.54) is 13.0 Å². The maximum absolute atomic E-state index is 2.25. The van der Waals surface area contributed by atoms with Crippen LogP contribution in [0.2, 0.25) is 0 Å². The minimum absolute atomic E-state index is 0.697. The monoisotopic (exact) mass is 260 g/mol. The summed E-state index contributed by atoms with van der Waals surface area (Å²) < 4.78 is 0. The van der Waals surface area contributed by atoms with Gasteiger partial charge >= 0.3 is 0 Å². The van der Waals surface area contributed by atoms with E-state index in [1.807, 2.05) is 0 Å². The predicted octanol–water partition coefficient (Wildman–Crippen LogP) is 0.998. The van der Waals surface area contributed by atoms with Crippen LogP contribution in [0.15, 0.2) is 0 Å². The second-order valence-corrected chi connectivity index (χ2v) is 6.01. The zero-order chi connectivity index (χ0) is 14.7. The molecule has 0 radical (unpaired) electrons. The average molecular weight is 260 g/mol. The smallest absolute Gasteiger partial charge is 0.0103 e. The molecule has 1 atom stereocenters. The number of nitrogens with zero attached hydrogens (tertiary/aromatic N) is 4. The van der Waals surface area contributed by atoms with Gasteiger partial charge in [-0.3, -0.25) is 0 Å². The van der Waals surface area contributed by atoms with Crippen LogP contribution in [0.25, 0.3) is 0 Å². The van der Waals surface area contributed by atoms with Crippen molar-refractivity contribution < 1.29 is 0 Å². The van der Waals surface area contributed by atoms with Crippen molar-refractivity contribution in [2.75, 3.05) is 76.0 Å². The van der Waals surface area contributed by atoms with Crippen molar-refractivity contribution in [3.8, 4) is 0 Å². The first kappa shape index (κ1) is 20.2. The SMILES string of the molecule is CC(CCN(C)C)N(C)C.CN(C)CCN(C)C. The lowest BCUT2D eigenvalue weighted by Gasteiger charge is -2.21. The standard InChI is InChI=1S/C8H20N2.C6H16N2/c1-8(10(4)5)6-7-9(2)3;1-7(2)5-6-8(3)4/h8H,6-7H2,1-5H3;5-6H2,1-4H3. The molecular weight excluding hydrogens is 224 g/mol. The second-order valence-electron chi connectivity index (χ2n) is 6.01. The van der Waals surface area contributed by atoms with Crippen LogP contribution < -0.4 is 0 Å². The lowest BCUT2D eigenvalue weighted by atomic mass is 10.2. The van der Waals surface area contributed by atoms with Gasteiger partial charge in [-0.1, -0.05) is 0 Å². The summed E-state index contributed by atoms with van der Waals surface area (Å²) in [5, 5.41) is 0. The molecule has 0 rings (SSSR count). The Labute approximate surface area is 116 Å². The number of rotatable bonds is 7. The molecule has 0 N–H and O–H groups in total. The van der Waals surface area contributed by atoms with E-state index in [9.17, 15) is 0 Å². The molecule has 0 fully saturated rings. The van der Waals surface area contributed by atoms with Gasteiger partial charge in [-0.05, 0) is 76.3 Å². The van der Waals surface area contributed by atoms with Gasteiger partial charge in [-0.15, -0.1) is 0 Å². The zero-order valence-corrected chi connectivity index (χ0v) is 14.2. The van der Waals surface area contributed by atoms with E-state index in [0.717, 1.165) is 13.1 Å². The first-order valence-corrected chi connectivity index (χ1v) is 6.77. The van der Waals surface area contributed by atoms with Gasteiger partial charge in [0.25, 0.3) is 0 Å². The highest BCUT2D eigenvalue weighted by Crippen LogP contribution is 1.97. The Balaban J connectivity index is 0. The van der Waals surface area contributed by atoms with Crippen molar-refractivity contribution in [1.82, 2.24) is 19.6 Å². The first-order valence-electron chi connectivity index (χ1n) is 6.77. The third-order valence-corrected chi connectivity index (χ3v) is 2.87. The van der Waals surface area contributed by atoms with Gasteiger partial charge < -0.3 is 19.6 Å². The van der Waals surface area contributed by atoms with Gasteiger partial charge in [0.1, 0.15) is 0 Å². The van der Waals surface area contributed by atoms with Gasteiger partial charge in [0.2, 0.25) is 0 Å². The van der Waals surface area contributed by atoms with E-state index in [0.29, 0.717) is 6.04 Å². The summed E-state index contributed by atoms with van der Waals surface area (Å²) in [6.07, 6.45) is 1.25. The fourth-order valence-corrected chi connectivity index (χ4v) is 1.10. The van der Waals surface area contributed by atoms with Crippen molar-refractivity contribution in [2.45, 2.75) is 19.4 Å². The first-order chi connectivity index (χ1) is 8.16. The molecule has 0 saturated heterocycles. The van der Waals surface area contributed by atoms with Gasteiger partial charge in [-0.25, -0.2) is 0 Å². The molecular formula is C14H36N4. The highest BCUT2D eigenvalue weighted by atomic mass is 15.1. The Hall–Kier alpha value is -0.160. The fourth-order valence-electron chi connectivity index (χ4n) is 1.10. The quantitative estimate of drug-likeness (QED) is 0.677. The molecule has 112 valence electrons. The molecule has 0 aromatic heterocycles. The zero-order valence-electron chi connectivity index (χ0n) is 14.2. The lowest BCUT2D eigenvalue weighted by molar-refractivity contribution is 0.267. The van der Waals surface area contributed by atoms with Gasteiger partial charge in [0.05, 0.1) is 0 Å². The van der Waals surface area contributed by atoms with Crippen LogP contribution in [0.4, 0.5) is 0 Å². The summed E-state index contributed by atoms with van der Waals surface area (Å²) in [6.45, 7) is 5.73. The lowest BCUT2D eigenvalue weighted by Crippen LogP contribution is -2.28. The molecule has 4 nitrogen and oxygen atoms in total. The Bertz CT molecular complexity index is 159. The molecule has 0 amide bonds. The average Bonchev–Trinajstić information content (AvgIpc) is 2.23. The van der Waals surface area contributed by atoms with E-state index in [2.05, 4.69) is 82.9 Å². The number of hydrogen-bond acceptors (Lipinski definition) is 4. The van der Waals surface area contributed by atoms with E-state index in [4.69, 9.17) is 0 Å². The molecule has 0 aliphatic carbocycles. The maximum atomic E-state index is 2.25. The van der Waals surface area contributed by atoms with Crippen LogP contribution in [-0.2, 0) is 0 Å². The van der Waals surface area contributed by atoms with Gasteiger partial charge in [-0.2, -0.15) is 0 Å². The molecule has 18 heavy (non-hydrogen) atoms. The largest absolute Gasteiger partial charge is 0.309 e. The molecule has 0 aliphatic rings. The molecule has 0 spiro atoms. The van der Waals surface area contributed by atoms with E-state index in [-0.39, 0.29) is 0 Å². The summed E-state index contributed by atoms with van der Waals surface area (Å²) in [7, 11) is 16.8. The molecule has 0 saturated carbocycles. The number of hydrogen-bond donors (Lipinski definition) is 0. The van der Waals surface area contributed by atoms with E-state index < -0.39 is 0 Å². The summed E-state index contributed by atoms with van der Waals surface area (Å²) >= 11 is 0. The van der Waals surface area contributed by atoms with Crippen molar-refractivity contribution in [2.24, 2.45) is 0 Å². The molecule has 4 heteroatoms. The predicted molar refractivity (Wildman–Crippen MR) is 83.4 cm³/mol. The van der Waals surface area contributed by atoms with Crippen molar-refractivity contribution in [3.63, 3.8) is 0 Å². The third kappa shape index (κ3) is 18.2. The normalized spacial score (nSPS) is 13.2. The van der Waals surface area contributed by atoms with E-state index >= 15 is 0 Å². The Morgan fingerprint density at radius 3 is 1.17 bits per heavy atom. The van der Waals surface area contributed by atoms with Crippen molar-refractivity contribution in [3.05, 3.63) is 0 Å². The summed E-state index contributed by atoms with van der Waals surface area (Å²) in [5.74, 6) is 0. The highest BCUT2D eigenvalue weighted by molar-refractivity contribution is 4.60. The third-order valence-electron chi connectivity index (χ3n) is 2.87. The second kappa shape index (κ2) is 11.9. The Kier molecular flexibility index (Phi) is 13.3. The Morgan fingerprint density at radius 2 is 0.944 bits per heavy atom. The highest BCUT2D eigenvalue weighted by Gasteiger charge is 2.03. The fraction of sp³-hybridized carbons (Fsp3) is 1.00. The minimum atomic E-state index is 0.697. The van der Waals surface area contributed by atoms with E-state index in [1.54, 1.807) is 0 Å². The van der Waals surface area contributed by atoms with Crippen LogP contribution >= 0.6 is 0 Å². The molecule has 0 bridgehead atoms. The topological polar surface area (TPSA) is 13.0 Å². The molecule has 0 aliphatic heterocycles. The van der Waals surface area contributed by atoms with Crippen LogP contribution in [0.1, 0.15) is 13.3 Å². The van der Waals surface area contributed by atoms with Crippen molar-refractivity contribution in [1.29, 1.82) is 0 Å². The Morgan fingerprint density at radius 1 is 0.611 bits per heavy atom. The van der Waals surface area contributed by atoms with Crippen LogP contribution in [-0.4, -0.2) is 102 Å². The molecule has 0 aromatic carbocycles. The van der Waals surface area contributed by atoms with Crippen LogP contribution in [0.5, 0.6) is 0 Å². The number of likely N-dealkylation sites (N-methyl/N-ethyl adjacent to an activating group) is 2. The van der Waals surface area contributed by atoms with Gasteiger partial charge in [0.15, 0.2) is 0 Å². The summed E-state index contributed by atoms with van der Waals surface area (Å²) in [5.41, 5.74) is 0.